The van der Waals surface area contributed by atoms with Gasteiger partial charge in [-0.15, -0.1) is 11.3 Å². The maximum absolute atomic E-state index is 13.5. The van der Waals surface area contributed by atoms with Gasteiger partial charge in [0.05, 0.1) is 6.04 Å². The van der Waals surface area contributed by atoms with Crippen LogP contribution in [0.25, 0.3) is 21.7 Å². The lowest BCUT2D eigenvalue weighted by molar-refractivity contribution is -0.138. The summed E-state index contributed by atoms with van der Waals surface area (Å²) in [6.07, 6.45) is 4.31. The first-order chi connectivity index (χ1) is 15.4. The summed E-state index contributed by atoms with van der Waals surface area (Å²) < 4.78 is 6.19. The van der Waals surface area contributed by atoms with Crippen LogP contribution in [-0.2, 0) is 16.0 Å². The summed E-state index contributed by atoms with van der Waals surface area (Å²) in [5, 5.41) is 6.69. The molecule has 0 aliphatic carbocycles. The van der Waals surface area contributed by atoms with Crippen LogP contribution in [0.1, 0.15) is 39.2 Å². The van der Waals surface area contributed by atoms with Crippen molar-refractivity contribution in [3.05, 3.63) is 41.4 Å². The van der Waals surface area contributed by atoms with Crippen LogP contribution in [0.5, 0.6) is 0 Å². The van der Waals surface area contributed by atoms with Gasteiger partial charge in [-0.25, -0.2) is 4.98 Å². The first-order valence-corrected chi connectivity index (χ1v) is 12.0. The summed E-state index contributed by atoms with van der Waals surface area (Å²) >= 11 is 1.54. The van der Waals surface area contributed by atoms with Gasteiger partial charge >= 0.3 is 0 Å². The Bertz CT molecular complexity index is 1090. The van der Waals surface area contributed by atoms with Gasteiger partial charge in [-0.05, 0) is 38.2 Å². The average Bonchev–Trinajstić information content (AvgIpc) is 3.51. The van der Waals surface area contributed by atoms with E-state index in [9.17, 15) is 9.59 Å². The van der Waals surface area contributed by atoms with E-state index >= 15 is 0 Å². The molecule has 0 spiro atoms. The molecule has 0 radical (unpaired) electrons. The van der Waals surface area contributed by atoms with Crippen LogP contribution in [0.15, 0.2) is 40.3 Å². The van der Waals surface area contributed by atoms with Crippen LogP contribution in [0, 0.1) is 5.92 Å². The number of likely N-dealkylation sites (tertiary alicyclic amines) is 1. The Kier molecular flexibility index (Phi) is 6.62. The quantitative estimate of drug-likeness (QED) is 0.568. The van der Waals surface area contributed by atoms with Crippen molar-refractivity contribution in [3.63, 3.8) is 0 Å². The summed E-state index contributed by atoms with van der Waals surface area (Å²) in [6, 6.07) is 6.78. The van der Waals surface area contributed by atoms with Gasteiger partial charge < -0.3 is 20.4 Å². The minimum Gasteiger partial charge on any atom is -0.453 e. The molecule has 7 nitrogen and oxygen atoms in total. The lowest BCUT2D eigenvalue weighted by atomic mass is 9.98. The number of carbonyl (C=O) groups excluding carboxylic acids is 2. The zero-order valence-electron chi connectivity index (χ0n) is 18.7. The summed E-state index contributed by atoms with van der Waals surface area (Å²) in [6.45, 7) is 6.20. The Hall–Kier alpha value is -2.71. The van der Waals surface area contributed by atoms with Gasteiger partial charge in [-0.1, -0.05) is 32.0 Å². The highest BCUT2D eigenvalue weighted by atomic mass is 32.1. The molecule has 170 valence electrons. The van der Waals surface area contributed by atoms with Crippen molar-refractivity contribution in [2.24, 2.45) is 11.7 Å². The van der Waals surface area contributed by atoms with E-state index in [0.29, 0.717) is 13.0 Å². The third-order valence-electron chi connectivity index (χ3n) is 6.07. The van der Waals surface area contributed by atoms with E-state index in [1.165, 1.54) is 0 Å². The van der Waals surface area contributed by atoms with Gasteiger partial charge in [-0.2, -0.15) is 0 Å². The molecule has 3 atom stereocenters. The number of hydrogen-bond donors (Lipinski definition) is 2. The summed E-state index contributed by atoms with van der Waals surface area (Å²) in [5.74, 6) is 0.401. The molecular formula is C24H30N4O3S. The van der Waals surface area contributed by atoms with Gasteiger partial charge in [0.25, 0.3) is 0 Å². The van der Waals surface area contributed by atoms with Gasteiger partial charge in [0.2, 0.25) is 11.8 Å². The van der Waals surface area contributed by atoms with Gasteiger partial charge in [0, 0.05) is 35.1 Å². The SMILES string of the molecule is CC(C)[C@H](NC(=O)[C@H](C)N)C(=O)N1CCC[C@H]1Cc1c(-c2nccs2)oc2ccccc12. The average molecular weight is 455 g/mol. The molecule has 1 aliphatic heterocycles. The normalized spacial score (nSPS) is 18.3. The first kappa shape index (κ1) is 22.5. The van der Waals surface area contributed by atoms with Crippen molar-refractivity contribution in [3.8, 4) is 10.8 Å². The topological polar surface area (TPSA) is 101 Å². The molecule has 1 saturated heterocycles. The first-order valence-electron chi connectivity index (χ1n) is 11.1. The largest absolute Gasteiger partial charge is 0.453 e. The number of carbonyl (C=O) groups is 2. The third kappa shape index (κ3) is 4.42. The fourth-order valence-corrected chi connectivity index (χ4v) is 5.00. The lowest BCUT2D eigenvalue weighted by Crippen LogP contribution is -2.55. The van der Waals surface area contributed by atoms with Crippen LogP contribution >= 0.6 is 11.3 Å². The van der Waals surface area contributed by atoms with Crippen LogP contribution < -0.4 is 11.1 Å². The van der Waals surface area contributed by atoms with Gasteiger partial charge in [0.1, 0.15) is 11.6 Å². The summed E-state index contributed by atoms with van der Waals surface area (Å²) in [7, 11) is 0. The number of fused-ring (bicyclic) bond motifs is 1. The zero-order valence-corrected chi connectivity index (χ0v) is 19.5. The third-order valence-corrected chi connectivity index (χ3v) is 6.84. The molecular weight excluding hydrogens is 424 g/mol. The molecule has 4 rings (SSSR count). The van der Waals surface area contributed by atoms with Crippen molar-refractivity contribution >= 4 is 34.1 Å². The molecule has 3 heterocycles. The molecule has 2 aromatic heterocycles. The van der Waals surface area contributed by atoms with Gasteiger partial charge in [0.15, 0.2) is 10.8 Å². The number of nitrogens with two attached hydrogens (primary N) is 1. The van der Waals surface area contributed by atoms with Crippen molar-refractivity contribution in [1.29, 1.82) is 0 Å². The van der Waals surface area contributed by atoms with Crippen LogP contribution in [-0.4, -0.2) is 46.4 Å². The number of hydrogen-bond acceptors (Lipinski definition) is 6. The fourth-order valence-electron chi connectivity index (χ4n) is 4.36. The fraction of sp³-hybridized carbons (Fsp3) is 0.458. The number of nitrogens with one attached hydrogen (secondary N) is 1. The molecule has 32 heavy (non-hydrogen) atoms. The number of nitrogens with zero attached hydrogens (tertiary/aromatic N) is 2. The number of para-hydroxylation sites is 1. The highest BCUT2D eigenvalue weighted by Gasteiger charge is 2.36. The molecule has 0 unspecified atom stereocenters. The Balaban J connectivity index is 1.62. The number of benzene rings is 1. The Morgan fingerprint density at radius 1 is 1.31 bits per heavy atom. The van der Waals surface area contributed by atoms with Crippen LogP contribution in [0.2, 0.25) is 0 Å². The van der Waals surface area contributed by atoms with Crippen molar-refractivity contribution in [2.75, 3.05) is 6.54 Å². The van der Waals surface area contributed by atoms with E-state index in [1.807, 2.05) is 42.3 Å². The maximum Gasteiger partial charge on any atom is 0.245 e. The van der Waals surface area contributed by atoms with E-state index in [2.05, 4.69) is 16.4 Å². The molecule has 3 N–H and O–H groups in total. The predicted octanol–water partition coefficient (Wildman–Crippen LogP) is 3.58. The van der Waals surface area contributed by atoms with Gasteiger partial charge in [-0.3, -0.25) is 9.59 Å². The van der Waals surface area contributed by atoms with Crippen molar-refractivity contribution in [2.45, 2.75) is 58.2 Å². The van der Waals surface area contributed by atoms with E-state index in [-0.39, 0.29) is 23.8 Å². The van der Waals surface area contributed by atoms with Crippen LogP contribution in [0.3, 0.4) is 0 Å². The number of aromatic nitrogens is 1. The smallest absolute Gasteiger partial charge is 0.245 e. The number of amides is 2. The highest BCUT2D eigenvalue weighted by Crippen LogP contribution is 2.37. The van der Waals surface area contributed by atoms with E-state index < -0.39 is 12.1 Å². The Morgan fingerprint density at radius 3 is 2.78 bits per heavy atom. The molecule has 0 bridgehead atoms. The second-order valence-electron chi connectivity index (χ2n) is 8.79. The Morgan fingerprint density at radius 2 is 2.09 bits per heavy atom. The summed E-state index contributed by atoms with van der Waals surface area (Å²) in [5.41, 5.74) is 7.63. The molecule has 0 saturated carbocycles. The highest BCUT2D eigenvalue weighted by molar-refractivity contribution is 7.13. The molecule has 3 aromatic rings. The number of thiazole rings is 1. The maximum atomic E-state index is 13.5. The summed E-state index contributed by atoms with van der Waals surface area (Å²) in [4.78, 5) is 32.1. The number of furan rings is 1. The molecule has 2 amide bonds. The van der Waals surface area contributed by atoms with Crippen molar-refractivity contribution < 1.29 is 14.0 Å². The van der Waals surface area contributed by atoms with Crippen molar-refractivity contribution in [1.82, 2.24) is 15.2 Å². The lowest BCUT2D eigenvalue weighted by Gasteiger charge is -2.31. The molecule has 1 aromatic carbocycles. The molecule has 1 fully saturated rings. The monoisotopic (exact) mass is 454 g/mol. The zero-order chi connectivity index (χ0) is 22.8. The van der Waals surface area contributed by atoms with E-state index in [0.717, 1.165) is 40.1 Å². The van der Waals surface area contributed by atoms with E-state index in [4.69, 9.17) is 10.2 Å². The number of rotatable bonds is 7. The predicted molar refractivity (Wildman–Crippen MR) is 126 cm³/mol. The second kappa shape index (κ2) is 9.42. The second-order valence-corrected chi connectivity index (χ2v) is 9.69. The van der Waals surface area contributed by atoms with E-state index in [1.54, 1.807) is 24.5 Å². The molecule has 1 aliphatic rings. The van der Waals surface area contributed by atoms with Crippen LogP contribution in [0.4, 0.5) is 0 Å². The standard InChI is InChI=1S/C24H30N4O3S/c1-14(2)20(27-22(29)15(3)25)24(30)28-11-6-7-16(28)13-18-17-8-4-5-9-19(17)31-21(18)23-26-10-12-32-23/h4-5,8-10,12,14-16,20H,6-7,11,13,25H2,1-3H3,(H,27,29)/t15-,16-,20-/m0/s1. The molecule has 8 heteroatoms. The Labute approximate surface area is 192 Å². The minimum atomic E-state index is -0.656. The minimum absolute atomic E-state index is 0.0351.